The normalized spacial score (nSPS) is 13.9. The molecule has 0 bridgehead atoms. The predicted octanol–water partition coefficient (Wildman–Crippen LogP) is 4.61. The van der Waals surface area contributed by atoms with Crippen LogP contribution < -0.4 is 0 Å². The average molecular weight is 396 g/mol. The Balaban J connectivity index is 1.33. The zero-order chi connectivity index (χ0) is 18.1. The van der Waals surface area contributed by atoms with Crippen molar-refractivity contribution in [2.45, 2.75) is 36.2 Å². The highest BCUT2D eigenvalue weighted by Crippen LogP contribution is 2.40. The van der Waals surface area contributed by atoms with Crippen molar-refractivity contribution in [3.63, 3.8) is 0 Å². The van der Waals surface area contributed by atoms with Gasteiger partial charge in [0, 0.05) is 23.2 Å². The summed E-state index contributed by atoms with van der Waals surface area (Å²) in [6, 6.07) is 9.78. The van der Waals surface area contributed by atoms with Gasteiger partial charge in [0.05, 0.1) is 24.2 Å². The molecule has 0 amide bonds. The molecule has 1 aliphatic rings. The molecule has 4 heterocycles. The minimum absolute atomic E-state index is 0.539. The van der Waals surface area contributed by atoms with E-state index in [0.29, 0.717) is 12.5 Å². The lowest BCUT2D eigenvalue weighted by Gasteiger charge is -2.07. The van der Waals surface area contributed by atoms with Gasteiger partial charge < -0.3 is 4.42 Å². The maximum atomic E-state index is 5.53. The Morgan fingerprint density at radius 3 is 2.93 bits per heavy atom. The Bertz CT molecular complexity index is 1020. The van der Waals surface area contributed by atoms with Crippen LogP contribution in [0.3, 0.4) is 0 Å². The fourth-order valence-electron chi connectivity index (χ4n) is 2.88. The van der Waals surface area contributed by atoms with E-state index < -0.39 is 0 Å². The van der Waals surface area contributed by atoms with Crippen LogP contribution in [0.5, 0.6) is 0 Å². The molecule has 0 radical (unpaired) electrons. The summed E-state index contributed by atoms with van der Waals surface area (Å²) in [6.07, 6.45) is 5.89. The number of nitrogens with zero attached hydrogens (tertiary/aromatic N) is 5. The van der Waals surface area contributed by atoms with E-state index in [0.717, 1.165) is 38.9 Å². The molecule has 27 heavy (non-hydrogen) atoms. The van der Waals surface area contributed by atoms with Crippen molar-refractivity contribution in [3.8, 4) is 10.7 Å². The molecule has 4 aromatic rings. The second-order valence-corrected chi connectivity index (χ2v) is 8.23. The Labute approximate surface area is 164 Å². The molecule has 1 saturated carbocycles. The van der Waals surface area contributed by atoms with Crippen LogP contribution in [-0.4, -0.2) is 24.7 Å². The highest BCUT2D eigenvalue weighted by Gasteiger charge is 2.30. The van der Waals surface area contributed by atoms with Crippen LogP contribution in [0.2, 0.25) is 0 Å². The first-order chi connectivity index (χ1) is 13.4. The molecule has 0 aliphatic heterocycles. The third kappa shape index (κ3) is 3.68. The van der Waals surface area contributed by atoms with E-state index >= 15 is 0 Å². The lowest BCUT2D eigenvalue weighted by molar-refractivity contribution is 0.478. The molecule has 5 rings (SSSR count). The van der Waals surface area contributed by atoms with E-state index in [1.54, 1.807) is 35.6 Å². The molecule has 0 atom stereocenters. The van der Waals surface area contributed by atoms with Crippen molar-refractivity contribution < 1.29 is 4.42 Å². The minimum atomic E-state index is 0.539. The van der Waals surface area contributed by atoms with E-state index in [2.05, 4.69) is 25.1 Å². The molecular weight excluding hydrogens is 378 g/mol. The van der Waals surface area contributed by atoms with Gasteiger partial charge in [-0.25, -0.2) is 4.98 Å². The van der Waals surface area contributed by atoms with Gasteiger partial charge in [-0.1, -0.05) is 17.8 Å². The molecule has 1 aliphatic carbocycles. The van der Waals surface area contributed by atoms with Gasteiger partial charge in [-0.05, 0) is 37.1 Å². The number of hydrogen-bond acceptors (Lipinski definition) is 7. The number of thiazole rings is 1. The number of thioether (sulfide) groups is 1. The van der Waals surface area contributed by atoms with Gasteiger partial charge in [0.15, 0.2) is 5.16 Å². The summed E-state index contributed by atoms with van der Waals surface area (Å²) in [5.74, 6) is 3.28. The molecule has 4 aromatic heterocycles. The van der Waals surface area contributed by atoms with Gasteiger partial charge in [0.25, 0.3) is 0 Å². The summed E-state index contributed by atoms with van der Waals surface area (Å²) in [4.78, 5) is 9.08. The maximum Gasteiger partial charge on any atom is 0.192 e. The number of rotatable bonds is 7. The first-order valence-electron chi connectivity index (χ1n) is 8.81. The summed E-state index contributed by atoms with van der Waals surface area (Å²) < 4.78 is 7.72. The van der Waals surface area contributed by atoms with Gasteiger partial charge in [-0.2, -0.15) is 0 Å². The van der Waals surface area contributed by atoms with Crippen molar-refractivity contribution in [3.05, 3.63) is 65.5 Å². The first-order valence-corrected chi connectivity index (χ1v) is 10.7. The summed E-state index contributed by atoms with van der Waals surface area (Å²) in [5, 5.41) is 12.8. The van der Waals surface area contributed by atoms with Crippen molar-refractivity contribution in [1.82, 2.24) is 24.7 Å². The molecule has 8 heteroatoms. The zero-order valence-corrected chi connectivity index (χ0v) is 16.1. The molecule has 1 fully saturated rings. The Morgan fingerprint density at radius 1 is 1.19 bits per heavy atom. The van der Waals surface area contributed by atoms with Gasteiger partial charge >= 0.3 is 0 Å². The van der Waals surface area contributed by atoms with Crippen molar-refractivity contribution in [1.29, 1.82) is 0 Å². The van der Waals surface area contributed by atoms with E-state index in [1.165, 1.54) is 12.8 Å². The molecule has 0 aromatic carbocycles. The number of furan rings is 1. The molecule has 0 spiro atoms. The SMILES string of the molecule is c1ccc(-c2nc(CSc3nnc(C4CC4)n3Cc3ccco3)cs2)nc1. The van der Waals surface area contributed by atoms with Crippen molar-refractivity contribution in [2.75, 3.05) is 0 Å². The Kier molecular flexibility index (Phi) is 4.51. The molecule has 6 nitrogen and oxygen atoms in total. The Hall–Kier alpha value is -2.45. The highest BCUT2D eigenvalue weighted by molar-refractivity contribution is 7.98. The monoisotopic (exact) mass is 395 g/mol. The van der Waals surface area contributed by atoms with E-state index in [1.807, 2.05) is 30.3 Å². The van der Waals surface area contributed by atoms with Crippen molar-refractivity contribution >= 4 is 23.1 Å². The molecule has 0 saturated heterocycles. The van der Waals surface area contributed by atoms with Crippen molar-refractivity contribution in [2.24, 2.45) is 0 Å². The number of aromatic nitrogens is 5. The van der Waals surface area contributed by atoms with Gasteiger partial charge in [0.2, 0.25) is 0 Å². The lowest BCUT2D eigenvalue weighted by Crippen LogP contribution is -2.05. The fourth-order valence-corrected chi connectivity index (χ4v) is 4.61. The van der Waals surface area contributed by atoms with E-state index in [-0.39, 0.29) is 0 Å². The lowest BCUT2D eigenvalue weighted by atomic mass is 10.3. The number of hydrogen-bond donors (Lipinski definition) is 0. The van der Waals surface area contributed by atoms with Gasteiger partial charge in [-0.15, -0.1) is 21.5 Å². The standard InChI is InChI=1S/C19H17N5OS2/c1-2-8-20-16(5-1)18-21-14(11-26-18)12-27-19-23-22-17(13-6-7-13)24(19)10-15-4-3-9-25-15/h1-5,8-9,11,13H,6-7,10,12H2. The van der Waals surface area contributed by atoms with Gasteiger partial charge in [0.1, 0.15) is 16.6 Å². The van der Waals surface area contributed by atoms with Crippen LogP contribution in [0, 0.1) is 0 Å². The van der Waals surface area contributed by atoms with Crippen LogP contribution in [-0.2, 0) is 12.3 Å². The summed E-state index contributed by atoms with van der Waals surface area (Å²) >= 11 is 3.29. The third-order valence-corrected chi connectivity index (χ3v) is 6.28. The van der Waals surface area contributed by atoms with Crippen LogP contribution in [0.4, 0.5) is 0 Å². The smallest absolute Gasteiger partial charge is 0.192 e. The predicted molar refractivity (Wildman–Crippen MR) is 105 cm³/mol. The molecule has 0 N–H and O–H groups in total. The quantitative estimate of drug-likeness (QED) is 0.426. The van der Waals surface area contributed by atoms with Gasteiger partial charge in [-0.3, -0.25) is 9.55 Å². The van der Waals surface area contributed by atoms with Crippen LogP contribution in [0.1, 0.15) is 36.0 Å². The van der Waals surface area contributed by atoms with E-state index in [4.69, 9.17) is 9.40 Å². The summed E-state index contributed by atoms with van der Waals surface area (Å²) in [5.41, 5.74) is 1.95. The largest absolute Gasteiger partial charge is 0.467 e. The van der Waals surface area contributed by atoms with Crippen LogP contribution >= 0.6 is 23.1 Å². The second kappa shape index (κ2) is 7.28. The minimum Gasteiger partial charge on any atom is -0.467 e. The van der Waals surface area contributed by atoms with Crippen LogP contribution in [0.25, 0.3) is 10.7 Å². The first kappa shape index (κ1) is 16.7. The summed E-state index contributed by atoms with van der Waals surface area (Å²) in [6.45, 7) is 0.671. The maximum absolute atomic E-state index is 5.53. The topological polar surface area (TPSA) is 69.6 Å². The van der Waals surface area contributed by atoms with E-state index in [9.17, 15) is 0 Å². The zero-order valence-electron chi connectivity index (χ0n) is 14.5. The Morgan fingerprint density at radius 2 is 2.15 bits per heavy atom. The molecular formula is C19H17N5OS2. The second-order valence-electron chi connectivity index (χ2n) is 6.43. The number of pyridine rings is 1. The summed E-state index contributed by atoms with van der Waals surface area (Å²) in [7, 11) is 0. The fraction of sp³-hybridized carbons (Fsp3) is 0.263. The van der Waals surface area contributed by atoms with Crippen LogP contribution in [0.15, 0.2) is 57.7 Å². The third-order valence-electron chi connectivity index (χ3n) is 4.37. The average Bonchev–Trinajstić information content (AvgIpc) is 3.11. The molecule has 0 unspecified atom stereocenters. The molecule has 136 valence electrons. The highest BCUT2D eigenvalue weighted by atomic mass is 32.2.